The molecule has 0 nitrogen and oxygen atoms in total. The highest BCUT2D eigenvalue weighted by Gasteiger charge is 2.44. The van der Waals surface area contributed by atoms with E-state index >= 15 is 0 Å². The Bertz CT molecular complexity index is 446. The number of hydrogen-bond donors (Lipinski definition) is 1. The summed E-state index contributed by atoms with van der Waals surface area (Å²) in [5, 5.41) is 0. The highest BCUT2D eigenvalue weighted by Crippen LogP contribution is 2.53. The smallest absolute Gasteiger partial charge is 0.0654 e. The molecule has 1 saturated carbocycles. The fourth-order valence-electron chi connectivity index (χ4n) is 2.52. The SMILES string of the molecule is SC(c1ccccc1)(c1ccccc1)C1CC1. The molecule has 1 heteroatoms. The van der Waals surface area contributed by atoms with Gasteiger partial charge in [0.25, 0.3) is 0 Å². The largest absolute Gasteiger partial charge is 0.162 e. The van der Waals surface area contributed by atoms with E-state index < -0.39 is 0 Å². The number of benzene rings is 2. The van der Waals surface area contributed by atoms with Gasteiger partial charge in [-0.3, -0.25) is 0 Å². The van der Waals surface area contributed by atoms with Crippen LogP contribution in [0.2, 0.25) is 0 Å². The summed E-state index contributed by atoms with van der Waals surface area (Å²) in [5.74, 6) is 0.677. The third kappa shape index (κ3) is 1.89. The third-order valence-electron chi connectivity index (χ3n) is 3.60. The molecule has 0 atom stereocenters. The molecule has 0 radical (unpaired) electrons. The van der Waals surface area contributed by atoms with Gasteiger partial charge in [-0.2, -0.15) is 12.6 Å². The third-order valence-corrected chi connectivity index (χ3v) is 4.48. The lowest BCUT2D eigenvalue weighted by Gasteiger charge is -2.30. The van der Waals surface area contributed by atoms with Gasteiger partial charge in [-0.15, -0.1) is 0 Å². The van der Waals surface area contributed by atoms with Crippen LogP contribution in [-0.2, 0) is 4.75 Å². The first-order valence-corrected chi connectivity index (χ1v) is 6.60. The molecule has 1 aliphatic rings. The van der Waals surface area contributed by atoms with Crippen LogP contribution in [-0.4, -0.2) is 0 Å². The van der Waals surface area contributed by atoms with E-state index in [1.807, 2.05) is 0 Å². The first kappa shape index (κ1) is 10.9. The van der Waals surface area contributed by atoms with Crippen LogP contribution in [0.15, 0.2) is 60.7 Å². The van der Waals surface area contributed by atoms with E-state index in [2.05, 4.69) is 60.7 Å². The van der Waals surface area contributed by atoms with Gasteiger partial charge in [0.1, 0.15) is 0 Å². The molecule has 17 heavy (non-hydrogen) atoms. The van der Waals surface area contributed by atoms with Crippen LogP contribution in [0.1, 0.15) is 24.0 Å². The molecule has 0 amide bonds. The minimum Gasteiger partial charge on any atom is -0.162 e. The van der Waals surface area contributed by atoms with Gasteiger partial charge in [0.2, 0.25) is 0 Å². The lowest BCUT2D eigenvalue weighted by molar-refractivity contribution is 0.647. The Morgan fingerprint density at radius 3 is 1.53 bits per heavy atom. The average Bonchev–Trinajstić information content (AvgIpc) is 3.24. The van der Waals surface area contributed by atoms with Crippen LogP contribution in [0.4, 0.5) is 0 Å². The van der Waals surface area contributed by atoms with Gasteiger partial charge in [0, 0.05) is 0 Å². The van der Waals surface area contributed by atoms with Gasteiger partial charge in [0.15, 0.2) is 0 Å². The van der Waals surface area contributed by atoms with Gasteiger partial charge < -0.3 is 0 Å². The zero-order valence-electron chi connectivity index (χ0n) is 9.71. The van der Waals surface area contributed by atoms with E-state index in [1.165, 1.54) is 24.0 Å². The van der Waals surface area contributed by atoms with Crippen LogP contribution in [0.25, 0.3) is 0 Å². The standard InChI is InChI=1S/C16H16S/c17-16(15-11-12-15,13-7-3-1-4-8-13)14-9-5-2-6-10-14/h1-10,15,17H,11-12H2. The highest BCUT2D eigenvalue weighted by molar-refractivity contribution is 7.81. The summed E-state index contributed by atoms with van der Waals surface area (Å²) in [7, 11) is 0. The van der Waals surface area contributed by atoms with Crippen molar-refractivity contribution in [2.24, 2.45) is 5.92 Å². The maximum atomic E-state index is 5.06. The van der Waals surface area contributed by atoms with Crippen molar-refractivity contribution in [1.29, 1.82) is 0 Å². The van der Waals surface area contributed by atoms with Crippen molar-refractivity contribution in [3.8, 4) is 0 Å². The Labute approximate surface area is 108 Å². The maximum Gasteiger partial charge on any atom is 0.0654 e. The molecular formula is C16H16S. The Morgan fingerprint density at radius 1 is 0.765 bits per heavy atom. The zero-order chi connectivity index (χ0) is 11.7. The summed E-state index contributed by atoms with van der Waals surface area (Å²) in [4.78, 5) is 0. The van der Waals surface area contributed by atoms with Crippen LogP contribution in [0.3, 0.4) is 0 Å². The molecule has 0 spiro atoms. The molecule has 2 aromatic carbocycles. The van der Waals surface area contributed by atoms with E-state index in [0.717, 1.165) is 0 Å². The summed E-state index contributed by atoms with van der Waals surface area (Å²) >= 11 is 5.06. The predicted octanol–water partition coefficient (Wildman–Crippen LogP) is 4.27. The maximum absolute atomic E-state index is 5.06. The van der Waals surface area contributed by atoms with Crippen molar-refractivity contribution < 1.29 is 0 Å². The van der Waals surface area contributed by atoms with Gasteiger partial charge in [-0.1, -0.05) is 60.7 Å². The van der Waals surface area contributed by atoms with E-state index in [1.54, 1.807) is 0 Å². The molecule has 0 aliphatic heterocycles. The fraction of sp³-hybridized carbons (Fsp3) is 0.250. The predicted molar refractivity (Wildman–Crippen MR) is 75.4 cm³/mol. The van der Waals surface area contributed by atoms with Crippen LogP contribution < -0.4 is 0 Å². The number of rotatable bonds is 3. The second-order valence-corrected chi connectivity index (χ2v) is 5.48. The summed E-state index contributed by atoms with van der Waals surface area (Å²) in [6.07, 6.45) is 2.57. The van der Waals surface area contributed by atoms with Crippen molar-refractivity contribution in [2.75, 3.05) is 0 Å². The van der Waals surface area contributed by atoms with E-state index in [0.29, 0.717) is 5.92 Å². The Morgan fingerprint density at radius 2 is 1.18 bits per heavy atom. The first-order chi connectivity index (χ1) is 8.32. The molecule has 1 aliphatic carbocycles. The molecular weight excluding hydrogens is 224 g/mol. The van der Waals surface area contributed by atoms with Gasteiger partial charge in [-0.05, 0) is 29.9 Å². The Balaban J connectivity index is 2.11. The minimum atomic E-state index is -0.109. The quantitative estimate of drug-likeness (QED) is 0.761. The number of hydrogen-bond acceptors (Lipinski definition) is 1. The molecule has 0 saturated heterocycles. The molecule has 1 fully saturated rings. The molecule has 0 heterocycles. The topological polar surface area (TPSA) is 0 Å². The Kier molecular flexibility index (Phi) is 2.71. The molecule has 0 unspecified atom stereocenters. The first-order valence-electron chi connectivity index (χ1n) is 6.15. The van der Waals surface area contributed by atoms with Gasteiger partial charge in [-0.25, -0.2) is 0 Å². The van der Waals surface area contributed by atoms with Gasteiger partial charge in [0.05, 0.1) is 4.75 Å². The lowest BCUT2D eigenvalue weighted by Crippen LogP contribution is -2.23. The molecule has 2 aromatic rings. The average molecular weight is 240 g/mol. The molecule has 3 rings (SSSR count). The molecule has 0 bridgehead atoms. The molecule has 0 N–H and O–H groups in total. The van der Waals surface area contributed by atoms with Gasteiger partial charge >= 0.3 is 0 Å². The second kappa shape index (κ2) is 4.23. The second-order valence-electron chi connectivity index (χ2n) is 4.77. The minimum absolute atomic E-state index is 0.109. The normalized spacial score (nSPS) is 15.8. The van der Waals surface area contributed by atoms with E-state index in [9.17, 15) is 0 Å². The summed E-state index contributed by atoms with van der Waals surface area (Å²) in [6.45, 7) is 0. The van der Waals surface area contributed by atoms with Crippen molar-refractivity contribution in [3.05, 3.63) is 71.8 Å². The van der Waals surface area contributed by atoms with Crippen LogP contribution in [0.5, 0.6) is 0 Å². The fourth-order valence-corrected chi connectivity index (χ4v) is 3.08. The molecule has 86 valence electrons. The monoisotopic (exact) mass is 240 g/mol. The summed E-state index contributed by atoms with van der Waals surface area (Å²) in [6, 6.07) is 21.3. The van der Waals surface area contributed by atoms with E-state index in [4.69, 9.17) is 12.6 Å². The summed E-state index contributed by atoms with van der Waals surface area (Å²) < 4.78 is -0.109. The molecule has 0 aromatic heterocycles. The summed E-state index contributed by atoms with van der Waals surface area (Å²) in [5.41, 5.74) is 2.63. The van der Waals surface area contributed by atoms with Crippen molar-refractivity contribution in [2.45, 2.75) is 17.6 Å². The Hall–Kier alpha value is -1.21. The van der Waals surface area contributed by atoms with Crippen LogP contribution >= 0.6 is 12.6 Å². The zero-order valence-corrected chi connectivity index (χ0v) is 10.6. The van der Waals surface area contributed by atoms with Crippen LogP contribution in [0, 0.1) is 5.92 Å². The highest BCUT2D eigenvalue weighted by atomic mass is 32.1. The van der Waals surface area contributed by atoms with Crippen molar-refractivity contribution >= 4 is 12.6 Å². The number of thiol groups is 1. The lowest BCUT2D eigenvalue weighted by atomic mass is 9.86. The van der Waals surface area contributed by atoms with Crippen molar-refractivity contribution in [3.63, 3.8) is 0 Å². The van der Waals surface area contributed by atoms with Crippen molar-refractivity contribution in [1.82, 2.24) is 0 Å². The van der Waals surface area contributed by atoms with E-state index in [-0.39, 0.29) is 4.75 Å².